The van der Waals surface area contributed by atoms with Crippen LogP contribution in [0.5, 0.6) is 5.75 Å². The van der Waals surface area contributed by atoms with Crippen LogP contribution in [0.15, 0.2) is 66.9 Å². The van der Waals surface area contributed by atoms with Gasteiger partial charge in [-0.05, 0) is 24.6 Å². The third-order valence-corrected chi connectivity index (χ3v) is 3.49. The first-order valence-corrected chi connectivity index (χ1v) is 6.99. The topological polar surface area (TPSA) is 42.4 Å². The van der Waals surface area contributed by atoms with Crippen LogP contribution in [0.25, 0.3) is 10.9 Å². The van der Waals surface area contributed by atoms with Crippen molar-refractivity contribution in [2.24, 2.45) is 0 Å². The molecule has 0 saturated heterocycles. The quantitative estimate of drug-likeness (QED) is 0.791. The number of aliphatic hydroxyl groups is 1. The van der Waals surface area contributed by atoms with Crippen LogP contribution >= 0.6 is 0 Å². The number of benzene rings is 2. The fourth-order valence-corrected chi connectivity index (χ4v) is 2.36. The van der Waals surface area contributed by atoms with Crippen molar-refractivity contribution in [2.45, 2.75) is 19.1 Å². The third kappa shape index (κ3) is 2.88. The SMILES string of the molecule is CC(Oc1cccc2cccnc12)C(O)c1ccccc1. The Labute approximate surface area is 123 Å². The number of pyridine rings is 1. The van der Waals surface area contributed by atoms with Gasteiger partial charge in [0.25, 0.3) is 0 Å². The summed E-state index contributed by atoms with van der Waals surface area (Å²) in [6.07, 6.45) is 0.707. The molecule has 0 aliphatic rings. The van der Waals surface area contributed by atoms with Gasteiger partial charge in [0.2, 0.25) is 0 Å². The van der Waals surface area contributed by atoms with Gasteiger partial charge in [-0.1, -0.05) is 48.5 Å². The van der Waals surface area contributed by atoms with E-state index in [2.05, 4.69) is 4.98 Å². The lowest BCUT2D eigenvalue weighted by atomic mass is 10.1. The molecule has 1 heterocycles. The van der Waals surface area contributed by atoms with E-state index in [4.69, 9.17) is 4.74 Å². The molecule has 0 amide bonds. The maximum absolute atomic E-state index is 10.4. The molecule has 0 radical (unpaired) electrons. The summed E-state index contributed by atoms with van der Waals surface area (Å²) in [5.74, 6) is 0.690. The van der Waals surface area contributed by atoms with Crippen molar-refractivity contribution in [3.05, 3.63) is 72.4 Å². The number of nitrogens with zero attached hydrogens (tertiary/aromatic N) is 1. The van der Waals surface area contributed by atoms with E-state index < -0.39 is 6.10 Å². The Hall–Kier alpha value is -2.39. The molecule has 3 nitrogen and oxygen atoms in total. The van der Waals surface area contributed by atoms with Gasteiger partial charge >= 0.3 is 0 Å². The summed E-state index contributed by atoms with van der Waals surface area (Å²) in [6, 6.07) is 19.2. The summed E-state index contributed by atoms with van der Waals surface area (Å²) in [5.41, 5.74) is 1.66. The van der Waals surface area contributed by atoms with Crippen LogP contribution in [0, 0.1) is 0 Å². The number of rotatable bonds is 4. The first-order valence-electron chi connectivity index (χ1n) is 6.99. The highest BCUT2D eigenvalue weighted by Crippen LogP contribution is 2.27. The normalized spacial score (nSPS) is 13.8. The van der Waals surface area contributed by atoms with Gasteiger partial charge in [-0.2, -0.15) is 0 Å². The highest BCUT2D eigenvalue weighted by molar-refractivity contribution is 5.84. The molecule has 1 N–H and O–H groups in total. The second kappa shape index (κ2) is 5.94. The zero-order valence-electron chi connectivity index (χ0n) is 11.8. The lowest BCUT2D eigenvalue weighted by Crippen LogP contribution is -2.21. The van der Waals surface area contributed by atoms with Crippen LogP contribution in [0.4, 0.5) is 0 Å². The molecule has 2 aromatic carbocycles. The van der Waals surface area contributed by atoms with Crippen molar-refractivity contribution in [3.63, 3.8) is 0 Å². The first kappa shape index (κ1) is 13.6. The zero-order chi connectivity index (χ0) is 14.7. The Bertz CT molecular complexity index is 722. The maximum atomic E-state index is 10.4. The Kier molecular flexibility index (Phi) is 3.84. The van der Waals surface area contributed by atoms with E-state index in [1.807, 2.05) is 67.6 Å². The summed E-state index contributed by atoms with van der Waals surface area (Å²) >= 11 is 0. The summed E-state index contributed by atoms with van der Waals surface area (Å²) in [4.78, 5) is 4.36. The second-order valence-corrected chi connectivity index (χ2v) is 5.01. The van der Waals surface area contributed by atoms with Crippen molar-refractivity contribution in [2.75, 3.05) is 0 Å². The van der Waals surface area contributed by atoms with Gasteiger partial charge in [-0.25, -0.2) is 0 Å². The Morgan fingerprint density at radius 2 is 1.71 bits per heavy atom. The van der Waals surface area contributed by atoms with Crippen LogP contribution in [0.3, 0.4) is 0 Å². The molecule has 3 heteroatoms. The number of fused-ring (bicyclic) bond motifs is 1. The summed E-state index contributed by atoms with van der Waals surface area (Å²) < 4.78 is 5.93. The standard InChI is InChI=1S/C18H17NO2/c1-13(18(20)15-7-3-2-4-8-15)21-16-11-5-9-14-10-6-12-19-17(14)16/h2-13,18,20H,1H3. The van der Waals surface area contributed by atoms with Crippen LogP contribution < -0.4 is 4.74 Å². The van der Waals surface area contributed by atoms with Gasteiger partial charge in [0.1, 0.15) is 23.5 Å². The van der Waals surface area contributed by atoms with Crippen LogP contribution in [0.1, 0.15) is 18.6 Å². The van der Waals surface area contributed by atoms with E-state index in [-0.39, 0.29) is 6.10 Å². The van der Waals surface area contributed by atoms with Gasteiger partial charge in [0.05, 0.1) is 0 Å². The van der Waals surface area contributed by atoms with E-state index in [1.54, 1.807) is 6.20 Å². The van der Waals surface area contributed by atoms with Gasteiger partial charge < -0.3 is 9.84 Å². The highest BCUT2D eigenvalue weighted by Gasteiger charge is 2.18. The summed E-state index contributed by atoms with van der Waals surface area (Å²) in [6.45, 7) is 1.86. The molecule has 2 unspecified atom stereocenters. The second-order valence-electron chi connectivity index (χ2n) is 5.01. The molecule has 0 fully saturated rings. The van der Waals surface area contributed by atoms with Gasteiger partial charge in [-0.3, -0.25) is 4.98 Å². The number of ether oxygens (including phenoxy) is 1. The molecule has 3 rings (SSSR count). The van der Waals surface area contributed by atoms with Crippen molar-refractivity contribution in [1.29, 1.82) is 0 Å². The molecule has 3 aromatic rings. The fraction of sp³-hybridized carbons (Fsp3) is 0.167. The minimum Gasteiger partial charge on any atom is -0.485 e. The monoisotopic (exact) mass is 279 g/mol. The Balaban J connectivity index is 1.85. The number of para-hydroxylation sites is 1. The van der Waals surface area contributed by atoms with Crippen LogP contribution in [0.2, 0.25) is 0 Å². The molecule has 2 atom stereocenters. The maximum Gasteiger partial charge on any atom is 0.146 e. The Morgan fingerprint density at radius 1 is 0.952 bits per heavy atom. The largest absolute Gasteiger partial charge is 0.485 e. The van der Waals surface area contributed by atoms with Crippen LogP contribution in [-0.4, -0.2) is 16.2 Å². The van der Waals surface area contributed by atoms with Gasteiger partial charge in [-0.15, -0.1) is 0 Å². The predicted molar refractivity (Wildman–Crippen MR) is 83.2 cm³/mol. The van der Waals surface area contributed by atoms with E-state index >= 15 is 0 Å². The van der Waals surface area contributed by atoms with E-state index in [1.165, 1.54) is 0 Å². The van der Waals surface area contributed by atoms with Crippen molar-refractivity contribution >= 4 is 10.9 Å². The van der Waals surface area contributed by atoms with E-state index in [9.17, 15) is 5.11 Å². The number of aromatic nitrogens is 1. The van der Waals surface area contributed by atoms with Gasteiger partial charge in [0, 0.05) is 11.6 Å². The lowest BCUT2D eigenvalue weighted by molar-refractivity contribution is 0.0476. The average Bonchev–Trinajstić information content (AvgIpc) is 2.55. The molecule has 21 heavy (non-hydrogen) atoms. The first-order chi connectivity index (χ1) is 10.3. The van der Waals surface area contributed by atoms with Crippen LogP contribution in [-0.2, 0) is 0 Å². The highest BCUT2D eigenvalue weighted by atomic mass is 16.5. The Morgan fingerprint density at radius 3 is 2.52 bits per heavy atom. The van der Waals surface area contributed by atoms with E-state index in [0.29, 0.717) is 5.75 Å². The molecular formula is C18H17NO2. The third-order valence-electron chi connectivity index (χ3n) is 3.49. The molecular weight excluding hydrogens is 262 g/mol. The molecule has 0 aliphatic heterocycles. The minimum absolute atomic E-state index is 0.361. The number of hydrogen-bond donors (Lipinski definition) is 1. The molecule has 0 saturated carbocycles. The van der Waals surface area contributed by atoms with Crippen molar-refractivity contribution in [3.8, 4) is 5.75 Å². The summed E-state index contributed by atoms with van der Waals surface area (Å²) in [5, 5.41) is 11.4. The molecule has 0 aliphatic carbocycles. The molecule has 106 valence electrons. The molecule has 0 bridgehead atoms. The minimum atomic E-state index is -0.676. The average molecular weight is 279 g/mol. The van der Waals surface area contributed by atoms with Crippen molar-refractivity contribution in [1.82, 2.24) is 4.98 Å². The number of aliphatic hydroxyl groups excluding tert-OH is 1. The predicted octanol–water partition coefficient (Wildman–Crippen LogP) is 3.74. The molecule has 1 aromatic heterocycles. The summed E-state index contributed by atoms with van der Waals surface area (Å²) in [7, 11) is 0. The van der Waals surface area contributed by atoms with Crippen molar-refractivity contribution < 1.29 is 9.84 Å². The number of hydrogen-bond acceptors (Lipinski definition) is 3. The smallest absolute Gasteiger partial charge is 0.146 e. The lowest BCUT2D eigenvalue weighted by Gasteiger charge is -2.21. The zero-order valence-corrected chi connectivity index (χ0v) is 11.8. The fourth-order valence-electron chi connectivity index (χ4n) is 2.36. The van der Waals surface area contributed by atoms with Gasteiger partial charge in [0.15, 0.2) is 0 Å². The molecule has 0 spiro atoms. The van der Waals surface area contributed by atoms with E-state index in [0.717, 1.165) is 16.5 Å².